The molecule has 0 unspecified atom stereocenters. The van der Waals surface area contributed by atoms with Gasteiger partial charge in [-0.1, -0.05) is 17.3 Å². The lowest BCUT2D eigenvalue weighted by Crippen LogP contribution is -2.34. The average molecular weight is 417 g/mol. The molecule has 3 aromatic rings. The van der Waals surface area contributed by atoms with Gasteiger partial charge in [0.05, 0.1) is 4.88 Å². The Bertz CT molecular complexity index is 861. The lowest BCUT2D eigenvalue weighted by molar-refractivity contribution is -0.131. The Hall–Kier alpha value is -2.03. The van der Waals surface area contributed by atoms with Crippen LogP contribution in [0, 0.1) is 0 Å². The molecule has 0 spiro atoms. The van der Waals surface area contributed by atoms with E-state index in [4.69, 9.17) is 4.52 Å². The van der Waals surface area contributed by atoms with Gasteiger partial charge in [0, 0.05) is 50.4 Å². The fourth-order valence-electron chi connectivity index (χ4n) is 3.41. The zero-order chi connectivity index (χ0) is 19.2. The van der Waals surface area contributed by atoms with E-state index in [1.165, 1.54) is 4.88 Å². The van der Waals surface area contributed by atoms with E-state index in [-0.39, 0.29) is 5.91 Å². The molecule has 6 nitrogen and oxygen atoms in total. The molecule has 0 N–H and O–H groups in total. The van der Waals surface area contributed by atoms with Crippen molar-refractivity contribution < 1.29 is 9.32 Å². The van der Waals surface area contributed by atoms with E-state index in [2.05, 4.69) is 32.6 Å². The van der Waals surface area contributed by atoms with E-state index in [1.54, 1.807) is 22.7 Å². The third-order valence-electron chi connectivity index (χ3n) is 4.89. The van der Waals surface area contributed by atoms with Crippen LogP contribution in [0.5, 0.6) is 0 Å². The third-order valence-corrected chi connectivity index (χ3v) is 6.62. The van der Waals surface area contributed by atoms with Crippen molar-refractivity contribution in [1.29, 1.82) is 0 Å². The molecule has 0 aliphatic carbocycles. The van der Waals surface area contributed by atoms with Gasteiger partial charge in [-0.15, -0.1) is 22.7 Å². The van der Waals surface area contributed by atoms with Gasteiger partial charge < -0.3 is 9.42 Å². The van der Waals surface area contributed by atoms with Gasteiger partial charge in [-0.2, -0.15) is 4.98 Å². The first-order valence-corrected chi connectivity index (χ1v) is 11.4. The Balaban J connectivity index is 1.21. The molecule has 1 aliphatic heterocycles. The van der Waals surface area contributed by atoms with Gasteiger partial charge in [-0.05, 0) is 35.7 Å². The van der Waals surface area contributed by atoms with Gasteiger partial charge >= 0.3 is 0 Å². The molecule has 4 heterocycles. The van der Waals surface area contributed by atoms with Crippen LogP contribution in [-0.2, 0) is 17.8 Å². The highest BCUT2D eigenvalue weighted by Gasteiger charge is 2.19. The SMILES string of the molecule is O=C(CCCc1nc(-c2cccs2)no1)N1CCCN(Cc2cccs2)CC1. The number of thiophene rings is 2. The molecule has 0 saturated carbocycles. The molecule has 0 radical (unpaired) electrons. The fraction of sp³-hybridized carbons (Fsp3) is 0.450. The molecule has 1 aliphatic rings. The summed E-state index contributed by atoms with van der Waals surface area (Å²) in [5, 5.41) is 8.14. The van der Waals surface area contributed by atoms with Crippen LogP contribution in [0.25, 0.3) is 10.7 Å². The van der Waals surface area contributed by atoms with Gasteiger partial charge in [0.25, 0.3) is 0 Å². The number of hydrogen-bond acceptors (Lipinski definition) is 7. The second-order valence-electron chi connectivity index (χ2n) is 6.93. The highest BCUT2D eigenvalue weighted by molar-refractivity contribution is 7.13. The Kier molecular flexibility index (Phi) is 6.51. The summed E-state index contributed by atoms with van der Waals surface area (Å²) in [6.45, 7) is 4.65. The second kappa shape index (κ2) is 9.45. The number of aryl methyl sites for hydroxylation is 1. The van der Waals surface area contributed by atoms with Crippen LogP contribution in [0.15, 0.2) is 39.5 Å². The first kappa shape index (κ1) is 19.3. The predicted molar refractivity (Wildman–Crippen MR) is 111 cm³/mol. The summed E-state index contributed by atoms with van der Waals surface area (Å²) in [6.07, 6.45) is 2.94. The molecule has 1 saturated heterocycles. The van der Waals surface area contributed by atoms with Gasteiger partial charge in [-0.3, -0.25) is 9.69 Å². The van der Waals surface area contributed by atoms with E-state index in [9.17, 15) is 4.79 Å². The molecule has 28 heavy (non-hydrogen) atoms. The molecule has 0 atom stereocenters. The van der Waals surface area contributed by atoms with Crippen LogP contribution in [0.1, 0.15) is 30.0 Å². The lowest BCUT2D eigenvalue weighted by atomic mass is 10.2. The Morgan fingerprint density at radius 3 is 2.82 bits per heavy atom. The standard InChI is InChI=1S/C20H24N4O2S2/c25-19(8-1-7-18-21-20(22-26-18)17-6-3-14-28-17)24-10-4-9-23(11-12-24)15-16-5-2-13-27-16/h2-3,5-6,13-14H,1,4,7-12,15H2. The van der Waals surface area contributed by atoms with E-state index in [0.29, 0.717) is 24.6 Å². The van der Waals surface area contributed by atoms with Crippen LogP contribution in [0.3, 0.4) is 0 Å². The minimum absolute atomic E-state index is 0.232. The summed E-state index contributed by atoms with van der Waals surface area (Å²) in [6, 6.07) is 8.22. The molecule has 148 valence electrons. The van der Waals surface area contributed by atoms with Crippen LogP contribution in [0.4, 0.5) is 0 Å². The number of rotatable bonds is 7. The van der Waals surface area contributed by atoms with Crippen LogP contribution < -0.4 is 0 Å². The predicted octanol–water partition coefficient (Wildman–Crippen LogP) is 3.92. The van der Waals surface area contributed by atoms with Crippen molar-refractivity contribution in [2.75, 3.05) is 26.2 Å². The molecule has 3 aromatic heterocycles. The van der Waals surface area contributed by atoms with E-state index in [0.717, 1.165) is 50.4 Å². The largest absolute Gasteiger partial charge is 0.341 e. The number of carbonyl (C=O) groups excluding carboxylic acids is 1. The molecule has 1 fully saturated rings. The van der Waals surface area contributed by atoms with Crippen molar-refractivity contribution in [1.82, 2.24) is 19.9 Å². The quantitative estimate of drug-likeness (QED) is 0.584. The first-order valence-electron chi connectivity index (χ1n) is 9.67. The van der Waals surface area contributed by atoms with Crippen LogP contribution in [0.2, 0.25) is 0 Å². The van der Waals surface area contributed by atoms with Gasteiger partial charge in [0.2, 0.25) is 17.6 Å². The van der Waals surface area contributed by atoms with Crippen LogP contribution >= 0.6 is 22.7 Å². The fourth-order valence-corrected chi connectivity index (χ4v) is 4.81. The van der Waals surface area contributed by atoms with Crippen molar-refractivity contribution in [3.63, 3.8) is 0 Å². The summed E-state index contributed by atoms with van der Waals surface area (Å²) in [5.41, 5.74) is 0. The second-order valence-corrected chi connectivity index (χ2v) is 8.91. The number of hydrogen-bond donors (Lipinski definition) is 0. The molecule has 8 heteroatoms. The topological polar surface area (TPSA) is 62.5 Å². The highest BCUT2D eigenvalue weighted by Crippen LogP contribution is 2.21. The van der Waals surface area contributed by atoms with Crippen molar-refractivity contribution in [3.8, 4) is 10.7 Å². The number of amides is 1. The summed E-state index contributed by atoms with van der Waals surface area (Å²) in [5.74, 6) is 1.47. The third kappa shape index (κ3) is 5.06. The monoisotopic (exact) mass is 416 g/mol. The molecule has 4 rings (SSSR count). The normalized spacial score (nSPS) is 15.6. The maximum atomic E-state index is 12.6. The van der Waals surface area contributed by atoms with Crippen molar-refractivity contribution in [3.05, 3.63) is 45.8 Å². The summed E-state index contributed by atoms with van der Waals surface area (Å²) in [4.78, 5) is 23.9. The molecule has 0 bridgehead atoms. The molecule has 0 aromatic carbocycles. The van der Waals surface area contributed by atoms with Crippen molar-refractivity contribution in [2.24, 2.45) is 0 Å². The van der Waals surface area contributed by atoms with E-state index in [1.807, 2.05) is 22.4 Å². The van der Waals surface area contributed by atoms with Gasteiger partial charge in [-0.25, -0.2) is 0 Å². The average Bonchev–Trinajstić information content (AvgIpc) is 3.44. The zero-order valence-electron chi connectivity index (χ0n) is 15.7. The maximum absolute atomic E-state index is 12.6. The van der Waals surface area contributed by atoms with E-state index >= 15 is 0 Å². The molecular formula is C20H24N4O2S2. The minimum atomic E-state index is 0.232. The van der Waals surface area contributed by atoms with Gasteiger partial charge in [0.15, 0.2) is 0 Å². The lowest BCUT2D eigenvalue weighted by Gasteiger charge is -2.21. The Labute approximate surface area is 172 Å². The number of nitrogens with zero attached hydrogens (tertiary/aromatic N) is 4. The summed E-state index contributed by atoms with van der Waals surface area (Å²) in [7, 11) is 0. The minimum Gasteiger partial charge on any atom is -0.341 e. The van der Waals surface area contributed by atoms with Crippen LogP contribution in [-0.4, -0.2) is 52.0 Å². The smallest absolute Gasteiger partial charge is 0.226 e. The van der Waals surface area contributed by atoms with Gasteiger partial charge in [0.1, 0.15) is 0 Å². The maximum Gasteiger partial charge on any atom is 0.226 e. The Morgan fingerprint density at radius 2 is 2.00 bits per heavy atom. The van der Waals surface area contributed by atoms with Crippen molar-refractivity contribution in [2.45, 2.75) is 32.2 Å². The number of aromatic nitrogens is 2. The molecular weight excluding hydrogens is 392 g/mol. The zero-order valence-corrected chi connectivity index (χ0v) is 17.4. The first-order chi connectivity index (χ1) is 13.8. The highest BCUT2D eigenvalue weighted by atomic mass is 32.1. The Morgan fingerprint density at radius 1 is 1.11 bits per heavy atom. The number of carbonyl (C=O) groups is 1. The summed E-state index contributed by atoms with van der Waals surface area (Å²) < 4.78 is 5.31. The summed E-state index contributed by atoms with van der Waals surface area (Å²) >= 11 is 3.39. The van der Waals surface area contributed by atoms with Crippen molar-refractivity contribution >= 4 is 28.6 Å². The molecule has 1 amide bonds. The van der Waals surface area contributed by atoms with E-state index < -0.39 is 0 Å².